The van der Waals surface area contributed by atoms with Gasteiger partial charge in [-0.2, -0.15) is 4.98 Å². The van der Waals surface area contributed by atoms with E-state index in [0.717, 1.165) is 12.2 Å². The van der Waals surface area contributed by atoms with Crippen molar-refractivity contribution in [1.29, 1.82) is 0 Å². The number of aryl methyl sites for hydroxylation is 1. The summed E-state index contributed by atoms with van der Waals surface area (Å²) in [5.41, 5.74) is 0. The number of hydrogen-bond acceptors (Lipinski definition) is 5. The first-order chi connectivity index (χ1) is 9.56. The second-order valence-electron chi connectivity index (χ2n) is 5.58. The molecule has 1 aromatic heterocycles. The Morgan fingerprint density at radius 3 is 2.95 bits per heavy atom. The van der Waals surface area contributed by atoms with Gasteiger partial charge < -0.3 is 14.2 Å². The molecule has 0 aliphatic carbocycles. The zero-order chi connectivity index (χ0) is 14.5. The van der Waals surface area contributed by atoms with Gasteiger partial charge in [0.15, 0.2) is 5.82 Å². The second-order valence-corrected chi connectivity index (χ2v) is 5.58. The molecule has 1 saturated heterocycles. The van der Waals surface area contributed by atoms with Crippen LogP contribution in [0.4, 0.5) is 0 Å². The first-order valence-corrected chi connectivity index (χ1v) is 7.28. The molecule has 0 saturated carbocycles. The van der Waals surface area contributed by atoms with Crippen LogP contribution in [-0.2, 0) is 16.0 Å². The first kappa shape index (κ1) is 15.0. The van der Waals surface area contributed by atoms with Gasteiger partial charge in [-0.3, -0.25) is 4.79 Å². The topological polar surface area (TPSA) is 68.5 Å². The van der Waals surface area contributed by atoms with Crippen molar-refractivity contribution < 1.29 is 14.1 Å². The Balaban J connectivity index is 1.73. The van der Waals surface area contributed by atoms with Gasteiger partial charge in [-0.05, 0) is 13.3 Å². The minimum Gasteiger partial charge on any atom is -0.375 e. The molecule has 112 valence electrons. The van der Waals surface area contributed by atoms with Crippen LogP contribution in [0.5, 0.6) is 0 Å². The second kappa shape index (κ2) is 6.83. The summed E-state index contributed by atoms with van der Waals surface area (Å²) in [6.45, 7) is 8.06. The van der Waals surface area contributed by atoms with Crippen LogP contribution in [0.1, 0.15) is 51.2 Å². The van der Waals surface area contributed by atoms with Gasteiger partial charge in [0.1, 0.15) is 0 Å². The van der Waals surface area contributed by atoms with Crippen molar-refractivity contribution >= 4 is 5.91 Å². The van der Waals surface area contributed by atoms with Crippen molar-refractivity contribution in [3.05, 3.63) is 11.7 Å². The molecule has 0 radical (unpaired) electrons. The van der Waals surface area contributed by atoms with Crippen LogP contribution in [0.3, 0.4) is 0 Å². The molecule has 0 bridgehead atoms. The van der Waals surface area contributed by atoms with Crippen molar-refractivity contribution in [3.8, 4) is 0 Å². The Bertz CT molecular complexity index is 445. The molecular weight excluding hydrogens is 258 g/mol. The number of hydrogen-bond donors (Lipinski definition) is 0. The molecule has 0 spiro atoms. The van der Waals surface area contributed by atoms with Crippen LogP contribution in [0.2, 0.25) is 0 Å². The summed E-state index contributed by atoms with van der Waals surface area (Å²) in [4.78, 5) is 18.2. The van der Waals surface area contributed by atoms with Crippen LogP contribution in [0.25, 0.3) is 0 Å². The summed E-state index contributed by atoms with van der Waals surface area (Å²) in [6, 6.07) is 0. The van der Waals surface area contributed by atoms with Crippen molar-refractivity contribution in [1.82, 2.24) is 15.0 Å². The van der Waals surface area contributed by atoms with E-state index in [2.05, 4.69) is 10.1 Å². The van der Waals surface area contributed by atoms with Crippen LogP contribution >= 0.6 is 0 Å². The first-order valence-electron chi connectivity index (χ1n) is 7.28. The van der Waals surface area contributed by atoms with Crippen LogP contribution in [0, 0.1) is 0 Å². The van der Waals surface area contributed by atoms with E-state index in [0.29, 0.717) is 38.4 Å². The number of carbonyl (C=O) groups is 1. The van der Waals surface area contributed by atoms with Crippen molar-refractivity contribution in [3.63, 3.8) is 0 Å². The molecule has 1 aliphatic rings. The van der Waals surface area contributed by atoms with Gasteiger partial charge in [-0.1, -0.05) is 19.0 Å². The van der Waals surface area contributed by atoms with Gasteiger partial charge in [0.25, 0.3) is 0 Å². The molecule has 1 aliphatic heterocycles. The quantitative estimate of drug-likeness (QED) is 0.822. The van der Waals surface area contributed by atoms with E-state index < -0.39 is 0 Å². The molecule has 6 nitrogen and oxygen atoms in total. The van der Waals surface area contributed by atoms with Crippen LogP contribution in [0.15, 0.2) is 4.52 Å². The normalized spacial score (nSPS) is 19.6. The maximum atomic E-state index is 12.1. The maximum Gasteiger partial charge on any atom is 0.226 e. The summed E-state index contributed by atoms with van der Waals surface area (Å²) < 4.78 is 10.6. The Morgan fingerprint density at radius 1 is 1.50 bits per heavy atom. The number of aromatic nitrogens is 2. The third-order valence-electron chi connectivity index (χ3n) is 3.38. The summed E-state index contributed by atoms with van der Waals surface area (Å²) >= 11 is 0. The van der Waals surface area contributed by atoms with E-state index in [9.17, 15) is 4.79 Å². The van der Waals surface area contributed by atoms with Gasteiger partial charge >= 0.3 is 0 Å². The monoisotopic (exact) mass is 281 g/mol. The third kappa shape index (κ3) is 4.03. The number of ether oxygens (including phenoxy) is 1. The predicted molar refractivity (Wildman–Crippen MR) is 73.3 cm³/mol. The van der Waals surface area contributed by atoms with E-state index >= 15 is 0 Å². The lowest BCUT2D eigenvalue weighted by molar-refractivity contribution is -0.138. The average Bonchev–Trinajstić information content (AvgIpc) is 2.87. The molecule has 6 heteroatoms. The molecule has 0 N–H and O–H groups in total. The minimum absolute atomic E-state index is 0.136. The predicted octanol–water partition coefficient (Wildman–Crippen LogP) is 1.76. The van der Waals surface area contributed by atoms with E-state index in [1.165, 1.54) is 0 Å². The lowest BCUT2D eigenvalue weighted by atomic mass is 10.2. The highest BCUT2D eigenvalue weighted by Crippen LogP contribution is 2.12. The Labute approximate surface area is 119 Å². The molecule has 20 heavy (non-hydrogen) atoms. The SMILES string of the molecule is CC(C)c1noc(CCCC(=O)N2CCO[C@H](C)C2)n1. The highest BCUT2D eigenvalue weighted by molar-refractivity contribution is 5.76. The fraction of sp³-hybridized carbons (Fsp3) is 0.786. The van der Waals surface area contributed by atoms with Gasteiger partial charge in [-0.25, -0.2) is 0 Å². The maximum absolute atomic E-state index is 12.1. The van der Waals surface area contributed by atoms with E-state index in [4.69, 9.17) is 9.26 Å². The number of morpholine rings is 1. The van der Waals surface area contributed by atoms with Crippen molar-refractivity contribution in [2.24, 2.45) is 0 Å². The molecule has 1 fully saturated rings. The lowest BCUT2D eigenvalue weighted by Gasteiger charge is -2.31. The Morgan fingerprint density at radius 2 is 2.30 bits per heavy atom. The van der Waals surface area contributed by atoms with Crippen molar-refractivity contribution in [2.75, 3.05) is 19.7 Å². The third-order valence-corrected chi connectivity index (χ3v) is 3.38. The van der Waals surface area contributed by atoms with Gasteiger partial charge in [-0.15, -0.1) is 0 Å². The fourth-order valence-electron chi connectivity index (χ4n) is 2.20. The zero-order valence-electron chi connectivity index (χ0n) is 12.5. The lowest BCUT2D eigenvalue weighted by Crippen LogP contribution is -2.44. The smallest absolute Gasteiger partial charge is 0.226 e. The van der Waals surface area contributed by atoms with E-state index in [1.807, 2.05) is 25.7 Å². The van der Waals surface area contributed by atoms with Crippen LogP contribution in [-0.4, -0.2) is 46.7 Å². The van der Waals surface area contributed by atoms with Crippen molar-refractivity contribution in [2.45, 2.75) is 52.1 Å². The Hall–Kier alpha value is -1.43. The molecule has 0 unspecified atom stereocenters. The fourth-order valence-corrected chi connectivity index (χ4v) is 2.20. The molecule has 2 heterocycles. The van der Waals surface area contributed by atoms with Crippen LogP contribution < -0.4 is 0 Å². The summed E-state index contributed by atoms with van der Waals surface area (Å²) in [6.07, 6.45) is 2.05. The molecule has 2 rings (SSSR count). The molecule has 1 atom stereocenters. The molecule has 0 aromatic carbocycles. The number of nitrogens with zero attached hydrogens (tertiary/aromatic N) is 3. The van der Waals surface area contributed by atoms with Gasteiger partial charge in [0.2, 0.25) is 11.8 Å². The zero-order valence-corrected chi connectivity index (χ0v) is 12.5. The van der Waals surface area contributed by atoms with Gasteiger partial charge in [0, 0.05) is 31.8 Å². The standard InChI is InChI=1S/C14H23N3O3/c1-10(2)14-15-12(20-16-14)5-4-6-13(18)17-7-8-19-11(3)9-17/h10-11H,4-9H2,1-3H3/t11-/m1/s1. The highest BCUT2D eigenvalue weighted by Gasteiger charge is 2.21. The average molecular weight is 281 g/mol. The summed E-state index contributed by atoms with van der Waals surface area (Å²) in [5.74, 6) is 1.80. The largest absolute Gasteiger partial charge is 0.375 e. The summed E-state index contributed by atoms with van der Waals surface area (Å²) in [5, 5.41) is 3.92. The van der Waals surface area contributed by atoms with Gasteiger partial charge in [0.05, 0.1) is 12.7 Å². The molecular formula is C14H23N3O3. The molecule has 1 aromatic rings. The molecule has 1 amide bonds. The van der Waals surface area contributed by atoms with E-state index in [1.54, 1.807) is 0 Å². The highest BCUT2D eigenvalue weighted by atomic mass is 16.5. The Kier molecular flexibility index (Phi) is 5.11. The number of carbonyl (C=O) groups excluding carboxylic acids is 1. The summed E-state index contributed by atoms with van der Waals surface area (Å²) in [7, 11) is 0. The number of rotatable bonds is 5. The van der Waals surface area contributed by atoms with E-state index in [-0.39, 0.29) is 17.9 Å². The number of amides is 1. The minimum atomic E-state index is 0.136.